The third-order valence-electron chi connectivity index (χ3n) is 4.29. The summed E-state index contributed by atoms with van der Waals surface area (Å²) in [5.41, 5.74) is 0.927. The van der Waals surface area contributed by atoms with Gasteiger partial charge in [-0.05, 0) is 29.8 Å². The number of hydrogen-bond acceptors (Lipinski definition) is 4. The Morgan fingerprint density at radius 3 is 2.69 bits per heavy atom. The van der Waals surface area contributed by atoms with E-state index in [9.17, 15) is 4.79 Å². The molecule has 26 heavy (non-hydrogen) atoms. The maximum atomic E-state index is 12.3. The predicted octanol–water partition coefficient (Wildman–Crippen LogP) is 2.97. The van der Waals surface area contributed by atoms with Crippen LogP contribution in [0.1, 0.15) is 5.56 Å². The van der Waals surface area contributed by atoms with Crippen LogP contribution < -0.4 is 4.74 Å². The summed E-state index contributed by atoms with van der Waals surface area (Å²) >= 11 is 6.08. The van der Waals surface area contributed by atoms with Gasteiger partial charge in [0.1, 0.15) is 12.4 Å². The third kappa shape index (κ3) is 5.31. The van der Waals surface area contributed by atoms with Crippen molar-refractivity contribution < 1.29 is 9.53 Å². The molecule has 0 aliphatic carbocycles. The van der Waals surface area contributed by atoms with Gasteiger partial charge in [0.05, 0.1) is 5.02 Å². The second-order valence-corrected chi connectivity index (χ2v) is 6.47. The average molecular weight is 372 g/mol. The van der Waals surface area contributed by atoms with Crippen molar-refractivity contribution in [2.24, 2.45) is 0 Å². The van der Waals surface area contributed by atoms with E-state index in [-0.39, 0.29) is 5.91 Å². The fourth-order valence-corrected chi connectivity index (χ4v) is 2.98. The number of pyridine rings is 1. The smallest absolute Gasteiger partial charge is 0.246 e. The fraction of sp³-hybridized carbons (Fsp3) is 0.300. The van der Waals surface area contributed by atoms with Crippen LogP contribution in [0.5, 0.6) is 5.75 Å². The summed E-state index contributed by atoms with van der Waals surface area (Å²) < 4.78 is 5.73. The molecule has 136 valence electrons. The standard InChI is InChI=1S/C20H22ClN3O2/c21-18-5-1-2-6-19(18)26-15-14-23-10-12-24(13-11-23)20(25)8-7-17-4-3-9-22-16-17/h1-9,16H,10-15H2/b8-7+. The average Bonchev–Trinajstić information content (AvgIpc) is 2.69. The van der Waals surface area contributed by atoms with Crippen molar-refractivity contribution >= 4 is 23.6 Å². The van der Waals surface area contributed by atoms with Crippen molar-refractivity contribution in [3.63, 3.8) is 0 Å². The summed E-state index contributed by atoms with van der Waals surface area (Å²) in [4.78, 5) is 20.5. The molecule has 0 N–H and O–H groups in total. The van der Waals surface area contributed by atoms with Crippen LogP contribution in [0.3, 0.4) is 0 Å². The number of carbonyl (C=O) groups is 1. The predicted molar refractivity (Wildman–Crippen MR) is 103 cm³/mol. The van der Waals surface area contributed by atoms with Gasteiger partial charge in [0.15, 0.2) is 0 Å². The van der Waals surface area contributed by atoms with Gasteiger partial charge in [-0.25, -0.2) is 0 Å². The van der Waals surface area contributed by atoms with Crippen molar-refractivity contribution in [3.8, 4) is 5.75 Å². The van der Waals surface area contributed by atoms with Crippen LogP contribution in [0, 0.1) is 0 Å². The van der Waals surface area contributed by atoms with E-state index in [0.29, 0.717) is 17.4 Å². The lowest BCUT2D eigenvalue weighted by Gasteiger charge is -2.34. The molecule has 2 aromatic rings. The Hall–Kier alpha value is -2.37. The van der Waals surface area contributed by atoms with Gasteiger partial charge in [0.2, 0.25) is 5.91 Å². The Morgan fingerprint density at radius 2 is 1.96 bits per heavy atom. The molecule has 0 unspecified atom stereocenters. The van der Waals surface area contributed by atoms with Gasteiger partial charge >= 0.3 is 0 Å². The van der Waals surface area contributed by atoms with E-state index in [1.165, 1.54) is 0 Å². The van der Waals surface area contributed by atoms with Gasteiger partial charge in [-0.1, -0.05) is 29.8 Å². The summed E-state index contributed by atoms with van der Waals surface area (Å²) in [5.74, 6) is 0.754. The van der Waals surface area contributed by atoms with Gasteiger partial charge in [0.25, 0.3) is 0 Å². The quantitative estimate of drug-likeness (QED) is 0.732. The largest absolute Gasteiger partial charge is 0.491 e. The number of para-hydroxylation sites is 1. The van der Waals surface area contributed by atoms with E-state index in [1.54, 1.807) is 24.5 Å². The third-order valence-corrected chi connectivity index (χ3v) is 4.60. The number of carbonyl (C=O) groups excluding carboxylic acids is 1. The maximum absolute atomic E-state index is 12.3. The molecule has 2 heterocycles. The first-order chi connectivity index (χ1) is 12.7. The van der Waals surface area contributed by atoms with Gasteiger partial charge in [-0.2, -0.15) is 0 Å². The zero-order chi connectivity index (χ0) is 18.2. The van der Waals surface area contributed by atoms with Crippen molar-refractivity contribution in [1.29, 1.82) is 0 Å². The highest BCUT2D eigenvalue weighted by Crippen LogP contribution is 2.22. The van der Waals surface area contributed by atoms with Crippen LogP contribution in [0.25, 0.3) is 6.08 Å². The Labute approximate surface area is 158 Å². The second-order valence-electron chi connectivity index (χ2n) is 6.07. The van der Waals surface area contributed by atoms with E-state index in [1.807, 2.05) is 41.3 Å². The maximum Gasteiger partial charge on any atom is 0.246 e. The molecule has 1 amide bonds. The van der Waals surface area contributed by atoms with Crippen LogP contribution in [-0.2, 0) is 4.79 Å². The topological polar surface area (TPSA) is 45.7 Å². The minimum Gasteiger partial charge on any atom is -0.491 e. The van der Waals surface area contributed by atoms with Crippen LogP contribution in [-0.4, -0.2) is 60.0 Å². The molecule has 1 aromatic carbocycles. The number of halogens is 1. The fourth-order valence-electron chi connectivity index (χ4n) is 2.79. The molecule has 0 atom stereocenters. The molecule has 1 aromatic heterocycles. The highest BCUT2D eigenvalue weighted by Gasteiger charge is 2.19. The number of amides is 1. The number of hydrogen-bond donors (Lipinski definition) is 0. The highest BCUT2D eigenvalue weighted by molar-refractivity contribution is 6.32. The van der Waals surface area contributed by atoms with Gasteiger partial charge < -0.3 is 9.64 Å². The van der Waals surface area contributed by atoms with Crippen LogP contribution in [0.15, 0.2) is 54.9 Å². The molecule has 0 bridgehead atoms. The summed E-state index contributed by atoms with van der Waals surface area (Å²) in [6, 6.07) is 11.3. The van der Waals surface area contributed by atoms with Gasteiger partial charge in [-0.15, -0.1) is 0 Å². The minimum absolute atomic E-state index is 0.0424. The number of piperazine rings is 1. The lowest BCUT2D eigenvalue weighted by molar-refractivity contribution is -0.127. The molecular weight excluding hydrogens is 350 g/mol. The molecule has 6 heteroatoms. The van der Waals surface area contributed by atoms with E-state index >= 15 is 0 Å². The first-order valence-corrected chi connectivity index (χ1v) is 9.07. The van der Waals surface area contributed by atoms with Gasteiger partial charge in [-0.3, -0.25) is 14.7 Å². The van der Waals surface area contributed by atoms with Crippen molar-refractivity contribution in [3.05, 3.63) is 65.5 Å². The SMILES string of the molecule is O=C(/C=C/c1cccnc1)N1CCN(CCOc2ccccc2Cl)CC1. The zero-order valence-corrected chi connectivity index (χ0v) is 15.3. The summed E-state index contributed by atoms with van der Waals surface area (Å²) in [5, 5.41) is 0.628. The minimum atomic E-state index is 0.0424. The molecule has 0 radical (unpaired) electrons. The van der Waals surface area contributed by atoms with Crippen molar-refractivity contribution in [2.45, 2.75) is 0 Å². The van der Waals surface area contributed by atoms with E-state index in [2.05, 4.69) is 9.88 Å². The number of ether oxygens (including phenoxy) is 1. The molecule has 5 nitrogen and oxygen atoms in total. The number of benzene rings is 1. The molecule has 1 saturated heterocycles. The first kappa shape index (κ1) is 18.4. The molecule has 1 aliphatic rings. The molecule has 0 saturated carbocycles. The Balaban J connectivity index is 1.39. The number of aromatic nitrogens is 1. The molecule has 1 aliphatic heterocycles. The lowest BCUT2D eigenvalue weighted by Crippen LogP contribution is -2.49. The summed E-state index contributed by atoms with van der Waals surface area (Å²) in [7, 11) is 0. The second kappa shape index (κ2) is 9.36. The Morgan fingerprint density at radius 1 is 1.15 bits per heavy atom. The van der Waals surface area contributed by atoms with Gasteiger partial charge in [0, 0.05) is 51.2 Å². The number of nitrogens with zero attached hydrogens (tertiary/aromatic N) is 3. The van der Waals surface area contributed by atoms with Crippen LogP contribution in [0.4, 0.5) is 0 Å². The zero-order valence-electron chi connectivity index (χ0n) is 14.6. The van der Waals surface area contributed by atoms with Crippen LogP contribution >= 0.6 is 11.6 Å². The normalized spacial score (nSPS) is 15.3. The van der Waals surface area contributed by atoms with E-state index in [0.717, 1.165) is 38.3 Å². The monoisotopic (exact) mass is 371 g/mol. The van der Waals surface area contributed by atoms with E-state index < -0.39 is 0 Å². The Kier molecular flexibility index (Phi) is 6.63. The Bertz CT molecular complexity index is 744. The molecule has 1 fully saturated rings. The highest BCUT2D eigenvalue weighted by atomic mass is 35.5. The lowest BCUT2D eigenvalue weighted by atomic mass is 10.2. The summed E-state index contributed by atoms with van der Waals surface area (Å²) in [6.07, 6.45) is 6.88. The molecule has 0 spiro atoms. The molecular formula is C20H22ClN3O2. The van der Waals surface area contributed by atoms with E-state index in [4.69, 9.17) is 16.3 Å². The van der Waals surface area contributed by atoms with Crippen molar-refractivity contribution in [2.75, 3.05) is 39.3 Å². The molecule has 3 rings (SSSR count). The van der Waals surface area contributed by atoms with Crippen molar-refractivity contribution in [1.82, 2.24) is 14.8 Å². The van der Waals surface area contributed by atoms with Crippen LogP contribution in [0.2, 0.25) is 5.02 Å². The first-order valence-electron chi connectivity index (χ1n) is 8.69. The summed E-state index contributed by atoms with van der Waals surface area (Å²) in [6.45, 7) is 4.54. The number of rotatable bonds is 6.